The number of aryl methyl sites for hydroxylation is 1. The summed E-state index contributed by atoms with van der Waals surface area (Å²) in [5.74, 6) is 1.61. The number of thioether (sulfide) groups is 1. The zero-order valence-corrected chi connectivity index (χ0v) is 20.6. The number of hydrogen-bond donors (Lipinski definition) is 0. The van der Waals surface area contributed by atoms with Gasteiger partial charge in [-0.15, -0.1) is 0 Å². The highest BCUT2D eigenvalue weighted by atomic mass is 32.2. The summed E-state index contributed by atoms with van der Waals surface area (Å²) in [5.41, 5.74) is 4.60. The molecule has 5 rings (SSSR count). The van der Waals surface area contributed by atoms with Crippen molar-refractivity contribution in [2.75, 3.05) is 25.0 Å². The molecule has 4 nitrogen and oxygen atoms in total. The van der Waals surface area contributed by atoms with Gasteiger partial charge in [-0.3, -0.25) is 9.69 Å². The maximum Gasteiger partial charge on any atom is 0.265 e. The number of carbonyl (C=O) groups is 1. The number of benzene rings is 2. The molecule has 0 spiro atoms. The Morgan fingerprint density at radius 2 is 1.88 bits per heavy atom. The van der Waals surface area contributed by atoms with Gasteiger partial charge in [0.1, 0.15) is 10.1 Å². The lowest BCUT2D eigenvalue weighted by atomic mass is 9.90. The van der Waals surface area contributed by atoms with E-state index in [-0.39, 0.29) is 5.91 Å². The first-order valence-electron chi connectivity index (χ1n) is 11.4. The lowest BCUT2D eigenvalue weighted by molar-refractivity contribution is -0.121. The zero-order chi connectivity index (χ0) is 22.9. The molecule has 2 saturated heterocycles. The summed E-state index contributed by atoms with van der Waals surface area (Å²) in [7, 11) is 1.74. The maximum atomic E-state index is 12.7. The highest BCUT2D eigenvalue weighted by Gasteiger charge is 2.30. The molecule has 0 saturated carbocycles. The summed E-state index contributed by atoms with van der Waals surface area (Å²) in [6.45, 7) is 4.04. The predicted octanol–water partition coefficient (Wildman–Crippen LogP) is 5.83. The highest BCUT2D eigenvalue weighted by Crippen LogP contribution is 2.36. The first kappa shape index (κ1) is 22.1. The molecule has 3 aromatic rings. The molecule has 2 aliphatic rings. The van der Waals surface area contributed by atoms with E-state index in [1.807, 2.05) is 6.08 Å². The van der Waals surface area contributed by atoms with Crippen LogP contribution in [0.25, 0.3) is 17.0 Å². The Balaban J connectivity index is 1.45. The van der Waals surface area contributed by atoms with Gasteiger partial charge in [0.25, 0.3) is 5.91 Å². The minimum Gasteiger partial charge on any atom is -0.356 e. The van der Waals surface area contributed by atoms with Crippen molar-refractivity contribution < 1.29 is 4.79 Å². The topological polar surface area (TPSA) is 36.4 Å². The van der Waals surface area contributed by atoms with Crippen LogP contribution in [-0.2, 0) is 11.2 Å². The molecule has 0 aliphatic carbocycles. The van der Waals surface area contributed by atoms with E-state index in [0.717, 1.165) is 54.6 Å². The van der Waals surface area contributed by atoms with Crippen molar-refractivity contribution in [2.45, 2.75) is 26.2 Å². The van der Waals surface area contributed by atoms with E-state index in [9.17, 15) is 4.79 Å². The van der Waals surface area contributed by atoms with Crippen molar-refractivity contribution in [3.05, 3.63) is 76.2 Å². The third-order valence-electron chi connectivity index (χ3n) is 6.61. The Hall–Kier alpha value is -2.70. The summed E-state index contributed by atoms with van der Waals surface area (Å²) >= 11 is 6.70. The van der Waals surface area contributed by atoms with Crippen LogP contribution in [0.4, 0.5) is 5.82 Å². The number of thiocarbonyl (C=S) groups is 1. The summed E-state index contributed by atoms with van der Waals surface area (Å²) in [6.07, 6.45) is 5.38. The largest absolute Gasteiger partial charge is 0.356 e. The van der Waals surface area contributed by atoms with Crippen LogP contribution in [0.5, 0.6) is 0 Å². The molecule has 0 bridgehead atoms. The molecule has 0 atom stereocenters. The fraction of sp³-hybridized carbons (Fsp3) is 0.296. The van der Waals surface area contributed by atoms with E-state index in [1.165, 1.54) is 22.9 Å². The molecule has 0 unspecified atom stereocenters. The summed E-state index contributed by atoms with van der Waals surface area (Å²) in [4.78, 5) is 22.4. The summed E-state index contributed by atoms with van der Waals surface area (Å²) in [6, 6.07) is 19.2. The van der Waals surface area contributed by atoms with Gasteiger partial charge < -0.3 is 4.90 Å². The van der Waals surface area contributed by atoms with Gasteiger partial charge in [-0.25, -0.2) is 4.98 Å². The molecular weight excluding hydrogens is 446 g/mol. The predicted molar refractivity (Wildman–Crippen MR) is 142 cm³/mol. The zero-order valence-electron chi connectivity index (χ0n) is 19.0. The molecular formula is C27H27N3OS2. The van der Waals surface area contributed by atoms with Gasteiger partial charge in [-0.1, -0.05) is 72.5 Å². The number of piperidine rings is 1. The number of hydrogen-bond acceptors (Lipinski definition) is 5. The van der Waals surface area contributed by atoms with Crippen LogP contribution in [-0.4, -0.2) is 40.2 Å². The third kappa shape index (κ3) is 4.55. The first-order chi connectivity index (χ1) is 16.0. The summed E-state index contributed by atoms with van der Waals surface area (Å²) < 4.78 is 0.596. The van der Waals surface area contributed by atoms with Crippen LogP contribution in [0.15, 0.2) is 59.5 Å². The molecule has 1 aromatic heterocycles. The third-order valence-corrected chi connectivity index (χ3v) is 8.10. The van der Waals surface area contributed by atoms with Gasteiger partial charge in [-0.2, -0.15) is 0 Å². The van der Waals surface area contributed by atoms with E-state index >= 15 is 0 Å². The second-order valence-electron chi connectivity index (χ2n) is 8.91. The minimum atomic E-state index is -0.0399. The average molecular weight is 474 g/mol. The molecule has 2 fully saturated rings. The Labute approximate surface area is 204 Å². The fourth-order valence-electron chi connectivity index (χ4n) is 4.70. The van der Waals surface area contributed by atoms with Gasteiger partial charge in [0, 0.05) is 31.1 Å². The number of amides is 1. The van der Waals surface area contributed by atoms with Crippen LogP contribution in [0.2, 0.25) is 0 Å². The minimum absolute atomic E-state index is 0.0399. The van der Waals surface area contributed by atoms with Crippen molar-refractivity contribution in [1.82, 2.24) is 9.88 Å². The summed E-state index contributed by atoms with van der Waals surface area (Å²) in [5, 5.41) is 1.09. The van der Waals surface area contributed by atoms with Crippen LogP contribution in [0.3, 0.4) is 0 Å². The highest BCUT2D eigenvalue weighted by molar-refractivity contribution is 8.26. The first-order valence-corrected chi connectivity index (χ1v) is 12.6. The number of para-hydroxylation sites is 1. The van der Waals surface area contributed by atoms with E-state index in [4.69, 9.17) is 17.2 Å². The lowest BCUT2D eigenvalue weighted by Crippen LogP contribution is -2.35. The number of nitrogens with zero attached hydrogens (tertiary/aromatic N) is 3. The monoisotopic (exact) mass is 473 g/mol. The van der Waals surface area contributed by atoms with E-state index < -0.39 is 0 Å². The molecule has 1 amide bonds. The quantitative estimate of drug-likeness (QED) is 0.352. The van der Waals surface area contributed by atoms with Crippen molar-refractivity contribution in [1.29, 1.82) is 0 Å². The smallest absolute Gasteiger partial charge is 0.265 e. The average Bonchev–Trinajstić information content (AvgIpc) is 3.07. The second-order valence-corrected chi connectivity index (χ2v) is 10.6. The van der Waals surface area contributed by atoms with E-state index in [2.05, 4.69) is 66.4 Å². The van der Waals surface area contributed by atoms with Gasteiger partial charge >= 0.3 is 0 Å². The van der Waals surface area contributed by atoms with Crippen molar-refractivity contribution >= 4 is 57.0 Å². The van der Waals surface area contributed by atoms with Gasteiger partial charge in [0.2, 0.25) is 0 Å². The number of pyridine rings is 1. The molecule has 0 radical (unpaired) electrons. The van der Waals surface area contributed by atoms with Crippen LogP contribution in [0.1, 0.15) is 29.5 Å². The molecule has 6 heteroatoms. The second kappa shape index (κ2) is 9.27. The number of likely N-dealkylation sites (N-methyl/N-ethyl adjacent to an activating group) is 1. The van der Waals surface area contributed by atoms with Crippen LogP contribution >= 0.6 is 24.0 Å². The molecule has 33 heavy (non-hydrogen) atoms. The number of fused-ring (bicyclic) bond motifs is 1. The Bertz CT molecular complexity index is 1250. The van der Waals surface area contributed by atoms with E-state index in [0.29, 0.717) is 15.1 Å². The standard InChI is InChI=1S/C27H27N3OS2/c1-18-7-6-10-21-16-22(17-23-26(31)29(2)27(32)33-23)25(28-24(18)21)30-13-11-20(12-14-30)15-19-8-4-3-5-9-19/h3-10,16-17,20H,11-15H2,1-2H3/b23-17-. The Kier molecular flexibility index (Phi) is 6.21. The molecule has 2 aliphatic heterocycles. The van der Waals surface area contributed by atoms with Crippen LogP contribution in [0, 0.1) is 12.8 Å². The van der Waals surface area contributed by atoms with Gasteiger partial charge in [-0.05, 0) is 55.4 Å². The van der Waals surface area contributed by atoms with Crippen molar-refractivity contribution in [3.63, 3.8) is 0 Å². The van der Waals surface area contributed by atoms with Crippen LogP contribution < -0.4 is 4.90 Å². The van der Waals surface area contributed by atoms with Gasteiger partial charge in [0.05, 0.1) is 10.4 Å². The van der Waals surface area contributed by atoms with Crippen molar-refractivity contribution in [2.24, 2.45) is 5.92 Å². The molecule has 168 valence electrons. The normalized spacial score (nSPS) is 18.7. The molecule has 3 heterocycles. The Morgan fingerprint density at radius 1 is 1.12 bits per heavy atom. The molecule has 2 aromatic carbocycles. The molecule has 0 N–H and O–H groups in total. The van der Waals surface area contributed by atoms with Crippen molar-refractivity contribution in [3.8, 4) is 0 Å². The van der Waals surface area contributed by atoms with Gasteiger partial charge in [0.15, 0.2) is 0 Å². The number of carbonyl (C=O) groups excluding carboxylic acids is 1. The maximum absolute atomic E-state index is 12.7. The fourth-order valence-corrected chi connectivity index (χ4v) is 5.87. The number of anilines is 1. The van der Waals surface area contributed by atoms with E-state index in [1.54, 1.807) is 11.9 Å². The lowest BCUT2D eigenvalue weighted by Gasteiger charge is -2.34. The number of rotatable bonds is 4. The Morgan fingerprint density at radius 3 is 2.58 bits per heavy atom. The number of aromatic nitrogens is 1. The SMILES string of the molecule is Cc1cccc2cc(/C=C3\SC(=S)N(C)C3=O)c(N3CCC(Cc4ccccc4)CC3)nc12.